The Hall–Kier alpha value is -2.15. The van der Waals surface area contributed by atoms with Crippen molar-refractivity contribution in [3.05, 3.63) is 29.6 Å². The Morgan fingerprint density at radius 1 is 1.39 bits per heavy atom. The lowest BCUT2D eigenvalue weighted by atomic mass is 10.2. The van der Waals surface area contributed by atoms with Crippen molar-refractivity contribution in [3.8, 4) is 11.5 Å². The highest BCUT2D eigenvalue weighted by Crippen LogP contribution is 2.26. The molecule has 0 aliphatic rings. The van der Waals surface area contributed by atoms with Gasteiger partial charge in [-0.05, 0) is 24.6 Å². The molecule has 0 saturated heterocycles. The number of tetrazole rings is 1. The van der Waals surface area contributed by atoms with Crippen molar-refractivity contribution < 1.29 is 9.84 Å². The fourth-order valence-electron chi connectivity index (χ4n) is 1.52. The Morgan fingerprint density at radius 2 is 2.28 bits per heavy atom. The first-order chi connectivity index (χ1) is 8.79. The maximum Gasteiger partial charge on any atom is 0.188 e. The van der Waals surface area contributed by atoms with Crippen LogP contribution < -0.4 is 10.1 Å². The number of H-pyrrole nitrogens is 1. The quantitative estimate of drug-likeness (QED) is 0.693. The predicted octanol–water partition coefficient (Wildman–Crippen LogP) is 0.594. The van der Waals surface area contributed by atoms with Gasteiger partial charge in [0.2, 0.25) is 0 Å². The van der Waals surface area contributed by atoms with Gasteiger partial charge in [0, 0.05) is 6.54 Å². The number of nitrogens with one attached hydrogen (secondary N) is 2. The third-order valence-electron chi connectivity index (χ3n) is 2.33. The van der Waals surface area contributed by atoms with Gasteiger partial charge in [0.25, 0.3) is 0 Å². The summed E-state index contributed by atoms with van der Waals surface area (Å²) in [6.45, 7) is 3.56. The summed E-state index contributed by atoms with van der Waals surface area (Å²) < 4.78 is 5.31. The summed E-state index contributed by atoms with van der Waals surface area (Å²) in [5.41, 5.74) is 1.01. The van der Waals surface area contributed by atoms with E-state index in [9.17, 15) is 5.11 Å². The van der Waals surface area contributed by atoms with Crippen LogP contribution in [0.1, 0.15) is 18.3 Å². The van der Waals surface area contributed by atoms with Gasteiger partial charge < -0.3 is 15.2 Å². The molecule has 0 spiro atoms. The fraction of sp³-hybridized carbons (Fsp3) is 0.364. The third kappa shape index (κ3) is 3.17. The van der Waals surface area contributed by atoms with E-state index in [0.29, 0.717) is 31.3 Å². The summed E-state index contributed by atoms with van der Waals surface area (Å²) in [7, 11) is 0. The zero-order valence-electron chi connectivity index (χ0n) is 10.1. The lowest BCUT2D eigenvalue weighted by Crippen LogP contribution is -2.13. The summed E-state index contributed by atoms with van der Waals surface area (Å²) in [5.74, 6) is 1.26. The number of ether oxygens (including phenoxy) is 1. The Balaban J connectivity index is 1.90. The van der Waals surface area contributed by atoms with Gasteiger partial charge in [-0.25, -0.2) is 0 Å². The maximum absolute atomic E-state index is 9.56. The van der Waals surface area contributed by atoms with Gasteiger partial charge in [-0.3, -0.25) is 0 Å². The minimum atomic E-state index is 0.152. The lowest BCUT2D eigenvalue weighted by Gasteiger charge is -2.08. The van der Waals surface area contributed by atoms with Crippen LogP contribution >= 0.6 is 0 Å². The predicted molar refractivity (Wildman–Crippen MR) is 64.0 cm³/mol. The number of rotatable bonds is 6. The largest absolute Gasteiger partial charge is 0.504 e. The maximum atomic E-state index is 9.56. The van der Waals surface area contributed by atoms with E-state index in [2.05, 4.69) is 25.9 Å². The second-order valence-corrected chi connectivity index (χ2v) is 3.67. The highest BCUT2D eigenvalue weighted by atomic mass is 16.5. The summed E-state index contributed by atoms with van der Waals surface area (Å²) in [4.78, 5) is 0. The number of aromatic hydroxyl groups is 1. The number of nitrogens with zero attached hydrogens (tertiary/aromatic N) is 3. The second-order valence-electron chi connectivity index (χ2n) is 3.67. The van der Waals surface area contributed by atoms with Crippen LogP contribution in [-0.4, -0.2) is 32.3 Å². The highest BCUT2D eigenvalue weighted by molar-refractivity contribution is 5.41. The molecular weight excluding hydrogens is 234 g/mol. The van der Waals surface area contributed by atoms with Crippen LogP contribution in [0.3, 0.4) is 0 Å². The number of phenols is 1. The topological polar surface area (TPSA) is 96.0 Å². The van der Waals surface area contributed by atoms with Crippen LogP contribution in [0, 0.1) is 0 Å². The Morgan fingerprint density at radius 3 is 3.00 bits per heavy atom. The number of benzene rings is 1. The van der Waals surface area contributed by atoms with Crippen molar-refractivity contribution in [2.75, 3.05) is 6.61 Å². The molecule has 1 aromatic carbocycles. The van der Waals surface area contributed by atoms with Gasteiger partial charge in [0.15, 0.2) is 17.3 Å². The van der Waals surface area contributed by atoms with E-state index in [1.54, 1.807) is 6.07 Å². The first-order valence-corrected chi connectivity index (χ1v) is 5.67. The van der Waals surface area contributed by atoms with E-state index >= 15 is 0 Å². The number of hydrogen-bond donors (Lipinski definition) is 3. The van der Waals surface area contributed by atoms with Crippen molar-refractivity contribution in [1.82, 2.24) is 25.9 Å². The normalized spacial score (nSPS) is 10.5. The molecule has 0 radical (unpaired) electrons. The first kappa shape index (κ1) is 12.3. The zero-order valence-corrected chi connectivity index (χ0v) is 10.1. The van der Waals surface area contributed by atoms with Gasteiger partial charge in [0.1, 0.15) is 0 Å². The molecule has 7 heteroatoms. The van der Waals surface area contributed by atoms with Gasteiger partial charge in [-0.15, -0.1) is 10.2 Å². The molecule has 1 aromatic heterocycles. The molecule has 96 valence electrons. The van der Waals surface area contributed by atoms with Gasteiger partial charge in [0.05, 0.1) is 13.2 Å². The van der Waals surface area contributed by atoms with Crippen molar-refractivity contribution in [1.29, 1.82) is 0 Å². The molecule has 0 saturated carbocycles. The number of phenolic OH excluding ortho intramolecular Hbond substituents is 1. The molecule has 2 rings (SSSR count). The van der Waals surface area contributed by atoms with Gasteiger partial charge in [-0.1, -0.05) is 11.3 Å². The third-order valence-corrected chi connectivity index (χ3v) is 2.33. The molecule has 0 fully saturated rings. The molecule has 0 bridgehead atoms. The smallest absolute Gasteiger partial charge is 0.188 e. The minimum absolute atomic E-state index is 0.152. The van der Waals surface area contributed by atoms with Gasteiger partial charge >= 0.3 is 0 Å². The molecule has 0 aliphatic heterocycles. The van der Waals surface area contributed by atoms with E-state index < -0.39 is 0 Å². The van der Waals surface area contributed by atoms with Crippen molar-refractivity contribution >= 4 is 0 Å². The van der Waals surface area contributed by atoms with Crippen molar-refractivity contribution in [2.45, 2.75) is 20.0 Å². The molecule has 18 heavy (non-hydrogen) atoms. The van der Waals surface area contributed by atoms with Crippen molar-refractivity contribution in [2.24, 2.45) is 0 Å². The molecule has 2 aromatic rings. The highest BCUT2D eigenvalue weighted by Gasteiger charge is 2.04. The van der Waals surface area contributed by atoms with E-state index in [1.165, 1.54) is 0 Å². The molecule has 0 amide bonds. The molecule has 7 nitrogen and oxygen atoms in total. The van der Waals surface area contributed by atoms with Crippen LogP contribution in [-0.2, 0) is 13.1 Å². The molecular formula is C11H15N5O2. The van der Waals surface area contributed by atoms with E-state index in [0.717, 1.165) is 5.56 Å². The number of hydrogen-bond acceptors (Lipinski definition) is 6. The average Bonchev–Trinajstić information content (AvgIpc) is 2.87. The summed E-state index contributed by atoms with van der Waals surface area (Å²) >= 11 is 0. The average molecular weight is 249 g/mol. The Bertz CT molecular complexity index is 486. The first-order valence-electron chi connectivity index (χ1n) is 5.67. The Kier molecular flexibility index (Phi) is 4.08. The minimum Gasteiger partial charge on any atom is -0.504 e. The monoisotopic (exact) mass is 249 g/mol. The summed E-state index contributed by atoms with van der Waals surface area (Å²) in [6, 6.07) is 5.26. The molecule has 3 N–H and O–H groups in total. The molecule has 0 unspecified atom stereocenters. The van der Waals surface area contributed by atoms with E-state index in [-0.39, 0.29) is 5.75 Å². The lowest BCUT2D eigenvalue weighted by molar-refractivity contribution is 0.317. The zero-order chi connectivity index (χ0) is 12.8. The fourth-order valence-corrected chi connectivity index (χ4v) is 1.52. The Labute approximate surface area is 104 Å². The number of aromatic amines is 1. The van der Waals surface area contributed by atoms with E-state index in [4.69, 9.17) is 4.74 Å². The van der Waals surface area contributed by atoms with Crippen LogP contribution in [0.25, 0.3) is 0 Å². The number of aromatic nitrogens is 4. The molecule has 1 heterocycles. The molecule has 0 aliphatic carbocycles. The second kappa shape index (κ2) is 5.97. The summed E-state index contributed by atoms with van der Waals surface area (Å²) in [5, 5.41) is 26.3. The summed E-state index contributed by atoms with van der Waals surface area (Å²) in [6.07, 6.45) is 0. The molecule has 0 atom stereocenters. The van der Waals surface area contributed by atoms with Crippen LogP contribution in [0.2, 0.25) is 0 Å². The SMILES string of the molecule is CCOc1cc(CNCc2nn[nH]n2)ccc1O. The van der Waals surface area contributed by atoms with Gasteiger partial charge in [-0.2, -0.15) is 5.21 Å². The van der Waals surface area contributed by atoms with Crippen molar-refractivity contribution in [3.63, 3.8) is 0 Å². The standard InChI is InChI=1S/C11H15N5O2/c1-2-18-10-5-8(3-4-9(10)17)6-12-7-11-13-15-16-14-11/h3-5,12,17H,2,6-7H2,1H3,(H,13,14,15,16). The van der Waals surface area contributed by atoms with Crippen LogP contribution in [0.15, 0.2) is 18.2 Å². The van der Waals surface area contributed by atoms with Crippen LogP contribution in [0.4, 0.5) is 0 Å². The van der Waals surface area contributed by atoms with E-state index in [1.807, 2.05) is 19.1 Å². The van der Waals surface area contributed by atoms with Crippen LogP contribution in [0.5, 0.6) is 11.5 Å².